The van der Waals surface area contributed by atoms with Crippen LogP contribution < -0.4 is 10.1 Å². The van der Waals surface area contributed by atoms with E-state index >= 15 is 0 Å². The number of pyridine rings is 1. The first-order valence-electron chi connectivity index (χ1n) is 10.4. The smallest absolute Gasteiger partial charge is 0.416 e. The number of thioether (sulfide) groups is 1. The van der Waals surface area contributed by atoms with E-state index in [1.807, 2.05) is 6.07 Å². The topological polar surface area (TPSA) is 81.9 Å². The third-order valence-corrected chi connectivity index (χ3v) is 5.94. The molecule has 2 aromatic carbocycles. The monoisotopic (exact) mass is 499 g/mol. The molecule has 11 heteroatoms. The van der Waals surface area contributed by atoms with Crippen LogP contribution in [0.2, 0.25) is 0 Å². The quantitative estimate of drug-likeness (QED) is 0.347. The molecule has 4 aromatic rings. The molecule has 1 N–H and O–H groups in total. The van der Waals surface area contributed by atoms with Crippen LogP contribution in [0, 0.1) is 0 Å². The van der Waals surface area contributed by atoms with E-state index in [2.05, 4.69) is 20.5 Å². The molecule has 0 aliphatic carbocycles. The largest absolute Gasteiger partial charge is 0.497 e. The Labute approximate surface area is 203 Å². The molecule has 0 aliphatic heterocycles. The normalized spacial score (nSPS) is 11.3. The predicted molar refractivity (Wildman–Crippen MR) is 124 cm³/mol. The van der Waals surface area contributed by atoms with Gasteiger partial charge in [0.05, 0.1) is 24.9 Å². The maximum absolute atomic E-state index is 13.1. The molecule has 180 valence electrons. The molecule has 0 unspecified atom stereocenters. The minimum absolute atomic E-state index is 0.0593. The van der Waals surface area contributed by atoms with Crippen molar-refractivity contribution in [2.24, 2.45) is 0 Å². The number of nitrogens with zero attached hydrogens (tertiary/aromatic N) is 4. The van der Waals surface area contributed by atoms with Gasteiger partial charge in [-0.3, -0.25) is 14.3 Å². The van der Waals surface area contributed by atoms with Crippen LogP contribution >= 0.6 is 11.8 Å². The number of aromatic nitrogens is 4. The molecule has 1 amide bonds. The molecule has 2 aromatic heterocycles. The number of carbonyl (C=O) groups is 1. The molecule has 4 rings (SSSR count). The van der Waals surface area contributed by atoms with Crippen molar-refractivity contribution in [2.45, 2.75) is 23.6 Å². The number of hydrogen-bond acceptors (Lipinski definition) is 6. The third-order valence-electron chi connectivity index (χ3n) is 4.94. The Morgan fingerprint density at radius 3 is 2.63 bits per heavy atom. The van der Waals surface area contributed by atoms with Crippen molar-refractivity contribution in [1.82, 2.24) is 25.1 Å². The lowest BCUT2D eigenvalue weighted by Crippen LogP contribution is -2.25. The van der Waals surface area contributed by atoms with Crippen LogP contribution in [-0.2, 0) is 18.5 Å². The number of nitrogens with one attached hydrogen (secondary N) is 1. The van der Waals surface area contributed by atoms with Crippen molar-refractivity contribution in [2.75, 3.05) is 7.11 Å². The number of hydrogen-bond donors (Lipinski definition) is 1. The summed E-state index contributed by atoms with van der Waals surface area (Å²) in [6, 6.07) is 17.4. The maximum Gasteiger partial charge on any atom is 0.416 e. The zero-order valence-electron chi connectivity index (χ0n) is 18.5. The van der Waals surface area contributed by atoms with Gasteiger partial charge in [0, 0.05) is 18.0 Å². The Hall–Kier alpha value is -3.86. The average Bonchev–Trinajstić information content (AvgIpc) is 3.29. The minimum atomic E-state index is -4.42. The summed E-state index contributed by atoms with van der Waals surface area (Å²) in [5, 5.41) is 11.7. The molecular formula is C24H20F3N5O2S. The second-order valence-electron chi connectivity index (χ2n) is 7.32. The molecule has 0 aliphatic rings. The SMILES string of the molecule is COc1cccc(-n2c(CNC(=O)c3ccccn3)nnc2SCc2cccc(C(F)(F)F)c2)c1. The predicted octanol–water partition coefficient (Wildman–Crippen LogP) is 4.91. The van der Waals surface area contributed by atoms with Gasteiger partial charge in [-0.15, -0.1) is 10.2 Å². The van der Waals surface area contributed by atoms with Gasteiger partial charge in [0.25, 0.3) is 5.91 Å². The number of methoxy groups -OCH3 is 1. The van der Waals surface area contributed by atoms with Gasteiger partial charge < -0.3 is 10.1 Å². The van der Waals surface area contributed by atoms with E-state index in [1.165, 1.54) is 24.0 Å². The van der Waals surface area contributed by atoms with Crippen molar-refractivity contribution in [3.8, 4) is 11.4 Å². The van der Waals surface area contributed by atoms with Gasteiger partial charge in [-0.25, -0.2) is 0 Å². The van der Waals surface area contributed by atoms with Gasteiger partial charge >= 0.3 is 6.18 Å². The third kappa shape index (κ3) is 5.99. The summed E-state index contributed by atoms with van der Waals surface area (Å²) in [5.41, 5.74) is 0.736. The van der Waals surface area contributed by atoms with Crippen LogP contribution in [-0.4, -0.2) is 32.8 Å². The van der Waals surface area contributed by atoms with Crippen molar-refractivity contribution in [3.63, 3.8) is 0 Å². The highest BCUT2D eigenvalue weighted by molar-refractivity contribution is 7.98. The highest BCUT2D eigenvalue weighted by atomic mass is 32.2. The summed E-state index contributed by atoms with van der Waals surface area (Å²) in [5.74, 6) is 0.915. The van der Waals surface area contributed by atoms with Crippen LogP contribution in [0.15, 0.2) is 78.1 Å². The van der Waals surface area contributed by atoms with Crippen LogP contribution in [0.25, 0.3) is 5.69 Å². The van der Waals surface area contributed by atoms with Crippen LogP contribution in [0.3, 0.4) is 0 Å². The van der Waals surface area contributed by atoms with E-state index in [0.29, 0.717) is 28.0 Å². The number of rotatable bonds is 8. The van der Waals surface area contributed by atoms with Gasteiger partial charge in [0.2, 0.25) is 0 Å². The Bertz CT molecular complexity index is 1310. The number of halogens is 3. The van der Waals surface area contributed by atoms with Gasteiger partial charge in [-0.05, 0) is 35.9 Å². The fourth-order valence-electron chi connectivity index (χ4n) is 3.25. The van der Waals surface area contributed by atoms with E-state index in [-0.39, 0.29) is 23.9 Å². The van der Waals surface area contributed by atoms with Gasteiger partial charge in [0.1, 0.15) is 11.4 Å². The fourth-order valence-corrected chi connectivity index (χ4v) is 4.16. The number of benzene rings is 2. The summed E-state index contributed by atoms with van der Waals surface area (Å²) in [7, 11) is 1.54. The molecule has 0 saturated carbocycles. The minimum Gasteiger partial charge on any atom is -0.497 e. The Kier molecular flexibility index (Phi) is 7.35. The average molecular weight is 500 g/mol. The van der Waals surface area contributed by atoms with Gasteiger partial charge in [-0.2, -0.15) is 13.2 Å². The lowest BCUT2D eigenvalue weighted by Gasteiger charge is -2.12. The molecule has 7 nitrogen and oxygen atoms in total. The zero-order valence-corrected chi connectivity index (χ0v) is 19.3. The van der Waals surface area contributed by atoms with Gasteiger partial charge in [0.15, 0.2) is 11.0 Å². The summed E-state index contributed by atoms with van der Waals surface area (Å²) in [4.78, 5) is 16.5. The Morgan fingerprint density at radius 1 is 1.06 bits per heavy atom. The van der Waals surface area contributed by atoms with E-state index in [1.54, 1.807) is 54.1 Å². The number of ether oxygens (including phenoxy) is 1. The van der Waals surface area contributed by atoms with Crippen molar-refractivity contribution in [3.05, 3.63) is 95.6 Å². The van der Waals surface area contributed by atoms with E-state index < -0.39 is 11.7 Å². The molecule has 0 bridgehead atoms. The maximum atomic E-state index is 13.1. The summed E-state index contributed by atoms with van der Waals surface area (Å²) >= 11 is 1.24. The highest BCUT2D eigenvalue weighted by Gasteiger charge is 2.30. The molecule has 0 saturated heterocycles. The molecule has 0 fully saturated rings. The molecule has 35 heavy (non-hydrogen) atoms. The highest BCUT2D eigenvalue weighted by Crippen LogP contribution is 2.32. The number of alkyl halides is 3. The van der Waals surface area contributed by atoms with E-state index in [4.69, 9.17) is 4.74 Å². The van der Waals surface area contributed by atoms with Gasteiger partial charge in [-0.1, -0.05) is 42.1 Å². The second-order valence-corrected chi connectivity index (χ2v) is 8.26. The lowest BCUT2D eigenvalue weighted by molar-refractivity contribution is -0.137. The standard InChI is InChI=1S/C24H20F3N5O2S/c1-34-19-9-5-8-18(13-19)32-21(14-29-22(33)20-10-2-3-11-28-20)30-31-23(32)35-15-16-6-4-7-17(12-16)24(25,26)27/h2-13H,14-15H2,1H3,(H,29,33). The number of amides is 1. The fraction of sp³-hybridized carbons (Fsp3) is 0.167. The second kappa shape index (κ2) is 10.6. The molecule has 0 atom stereocenters. The Balaban J connectivity index is 1.59. The van der Waals surface area contributed by atoms with Crippen molar-refractivity contribution >= 4 is 17.7 Å². The van der Waals surface area contributed by atoms with Crippen LogP contribution in [0.1, 0.15) is 27.4 Å². The first kappa shape index (κ1) is 24.3. The molecule has 2 heterocycles. The molecular weight excluding hydrogens is 479 g/mol. The summed E-state index contributed by atoms with van der Waals surface area (Å²) in [6.45, 7) is 0.0593. The molecule has 0 radical (unpaired) electrons. The lowest BCUT2D eigenvalue weighted by atomic mass is 10.1. The summed E-state index contributed by atoms with van der Waals surface area (Å²) in [6.07, 6.45) is -2.89. The zero-order chi connectivity index (χ0) is 24.8. The van der Waals surface area contributed by atoms with Crippen molar-refractivity contribution in [1.29, 1.82) is 0 Å². The van der Waals surface area contributed by atoms with Crippen molar-refractivity contribution < 1.29 is 22.7 Å². The Morgan fingerprint density at radius 2 is 1.89 bits per heavy atom. The first-order chi connectivity index (χ1) is 16.8. The van der Waals surface area contributed by atoms with E-state index in [9.17, 15) is 18.0 Å². The molecule has 0 spiro atoms. The summed E-state index contributed by atoms with van der Waals surface area (Å²) < 4.78 is 46.3. The van der Waals surface area contributed by atoms with Crippen LogP contribution in [0.4, 0.5) is 13.2 Å². The first-order valence-corrected chi connectivity index (χ1v) is 11.4. The number of carbonyl (C=O) groups excluding carboxylic acids is 1. The van der Waals surface area contributed by atoms with Crippen LogP contribution in [0.5, 0.6) is 5.75 Å². The van der Waals surface area contributed by atoms with E-state index in [0.717, 1.165) is 12.1 Å².